The Morgan fingerprint density at radius 2 is 1.90 bits per heavy atom. The van der Waals surface area contributed by atoms with E-state index in [2.05, 4.69) is 6.07 Å². The minimum atomic E-state index is -0.488. The van der Waals surface area contributed by atoms with Crippen molar-refractivity contribution in [3.63, 3.8) is 0 Å². The maximum Gasteiger partial charge on any atom is 0.0962 e. The molecule has 1 aliphatic rings. The summed E-state index contributed by atoms with van der Waals surface area (Å²) in [6.45, 7) is 0.466. The van der Waals surface area contributed by atoms with Gasteiger partial charge in [0.25, 0.3) is 0 Å². The zero-order valence-electron chi connectivity index (χ0n) is 11.6. The fourth-order valence-corrected chi connectivity index (χ4v) is 4.31. The van der Waals surface area contributed by atoms with Gasteiger partial charge in [-0.15, -0.1) is 11.3 Å². The summed E-state index contributed by atoms with van der Waals surface area (Å²) < 4.78 is 0. The lowest BCUT2D eigenvalue weighted by molar-refractivity contribution is 0.151. The Balaban J connectivity index is 1.86. The van der Waals surface area contributed by atoms with Crippen molar-refractivity contribution in [1.82, 2.24) is 0 Å². The van der Waals surface area contributed by atoms with E-state index < -0.39 is 6.10 Å². The summed E-state index contributed by atoms with van der Waals surface area (Å²) in [7, 11) is 0. The number of hydrogen-bond donors (Lipinski definition) is 2. The first kappa shape index (κ1) is 13.8. The smallest absolute Gasteiger partial charge is 0.0962 e. The van der Waals surface area contributed by atoms with Gasteiger partial charge >= 0.3 is 0 Å². The van der Waals surface area contributed by atoms with E-state index in [4.69, 9.17) is 5.73 Å². The van der Waals surface area contributed by atoms with Crippen LogP contribution in [0.3, 0.4) is 0 Å². The fraction of sp³-hybridized carbons (Fsp3) is 0.412. The number of hydrogen-bond acceptors (Lipinski definition) is 3. The van der Waals surface area contributed by atoms with Crippen LogP contribution in [0.25, 0.3) is 0 Å². The Morgan fingerprint density at radius 3 is 2.60 bits per heavy atom. The van der Waals surface area contributed by atoms with E-state index in [1.54, 1.807) is 11.3 Å². The van der Waals surface area contributed by atoms with Gasteiger partial charge in [-0.25, -0.2) is 0 Å². The van der Waals surface area contributed by atoms with Crippen LogP contribution in [0.4, 0.5) is 0 Å². The van der Waals surface area contributed by atoms with Gasteiger partial charge in [-0.2, -0.15) is 0 Å². The maximum absolute atomic E-state index is 10.7. The summed E-state index contributed by atoms with van der Waals surface area (Å²) in [5.74, 6) is -0.0173. The quantitative estimate of drug-likeness (QED) is 0.905. The van der Waals surface area contributed by atoms with Crippen molar-refractivity contribution in [3.05, 3.63) is 57.3 Å². The number of rotatable bonds is 4. The van der Waals surface area contributed by atoms with Gasteiger partial charge < -0.3 is 10.8 Å². The maximum atomic E-state index is 10.7. The van der Waals surface area contributed by atoms with Gasteiger partial charge in [0.1, 0.15) is 0 Å². The Hall–Kier alpha value is -1.16. The van der Waals surface area contributed by atoms with E-state index in [9.17, 15) is 5.11 Å². The van der Waals surface area contributed by atoms with Crippen LogP contribution in [0.5, 0.6) is 0 Å². The van der Waals surface area contributed by atoms with E-state index in [0.717, 1.165) is 16.9 Å². The minimum absolute atomic E-state index is 0.0173. The van der Waals surface area contributed by atoms with Crippen molar-refractivity contribution in [1.29, 1.82) is 0 Å². The summed E-state index contributed by atoms with van der Waals surface area (Å²) in [5.41, 5.74) is 8.47. The van der Waals surface area contributed by atoms with Crippen molar-refractivity contribution >= 4 is 11.3 Å². The molecule has 0 fully saturated rings. The van der Waals surface area contributed by atoms with Crippen molar-refractivity contribution in [2.24, 2.45) is 5.73 Å². The molecule has 3 heteroatoms. The van der Waals surface area contributed by atoms with Crippen LogP contribution in [0.1, 0.15) is 45.7 Å². The molecule has 2 nitrogen and oxygen atoms in total. The zero-order valence-corrected chi connectivity index (χ0v) is 12.4. The standard InChI is InChI=1S/C17H21NOS/c18-11-14(12-6-2-1-3-7-12)17(19)16-10-13-8-4-5-9-15(13)20-16/h1-3,6-7,10,14,17,19H,4-5,8-9,11,18H2. The molecule has 0 bridgehead atoms. The third-order valence-electron chi connectivity index (χ3n) is 4.17. The molecule has 1 aromatic carbocycles. The molecule has 2 unspecified atom stereocenters. The minimum Gasteiger partial charge on any atom is -0.387 e. The van der Waals surface area contributed by atoms with E-state index in [0.29, 0.717) is 6.54 Å². The lowest BCUT2D eigenvalue weighted by Gasteiger charge is -2.20. The van der Waals surface area contributed by atoms with Gasteiger partial charge in [0.15, 0.2) is 0 Å². The third kappa shape index (κ3) is 2.66. The van der Waals surface area contributed by atoms with Gasteiger partial charge in [-0.3, -0.25) is 0 Å². The van der Waals surface area contributed by atoms with Crippen molar-refractivity contribution in [2.75, 3.05) is 6.54 Å². The molecule has 2 atom stereocenters. The van der Waals surface area contributed by atoms with Crippen LogP contribution in [-0.4, -0.2) is 11.7 Å². The molecule has 1 heterocycles. The molecular formula is C17H21NOS. The molecular weight excluding hydrogens is 266 g/mol. The van der Waals surface area contributed by atoms with Gasteiger partial charge in [-0.1, -0.05) is 30.3 Å². The van der Waals surface area contributed by atoms with Gasteiger partial charge in [-0.05, 0) is 42.9 Å². The number of aliphatic hydroxyl groups is 1. The lowest BCUT2D eigenvalue weighted by atomic mass is 9.91. The second kappa shape index (κ2) is 6.08. The first-order valence-electron chi connectivity index (χ1n) is 7.34. The highest BCUT2D eigenvalue weighted by molar-refractivity contribution is 7.12. The van der Waals surface area contributed by atoms with Gasteiger partial charge in [0.2, 0.25) is 0 Å². The Labute approximate surface area is 124 Å². The predicted octanol–water partition coefficient (Wildman–Crippen LogP) is 3.40. The van der Waals surface area contributed by atoms with E-state index >= 15 is 0 Å². The summed E-state index contributed by atoms with van der Waals surface area (Å²) in [4.78, 5) is 2.55. The molecule has 2 aromatic rings. The molecule has 0 aliphatic heterocycles. The van der Waals surface area contributed by atoms with E-state index in [-0.39, 0.29) is 5.92 Å². The third-order valence-corrected chi connectivity index (χ3v) is 5.48. The monoisotopic (exact) mass is 287 g/mol. The van der Waals surface area contributed by atoms with Gasteiger partial charge in [0.05, 0.1) is 6.10 Å². The Morgan fingerprint density at radius 1 is 1.15 bits per heavy atom. The van der Waals surface area contributed by atoms with Gasteiger partial charge in [0, 0.05) is 22.2 Å². The van der Waals surface area contributed by atoms with Crippen LogP contribution < -0.4 is 5.73 Å². The van der Waals surface area contributed by atoms with Crippen molar-refractivity contribution in [2.45, 2.75) is 37.7 Å². The first-order chi connectivity index (χ1) is 9.79. The summed E-state index contributed by atoms with van der Waals surface area (Å²) in [6, 6.07) is 12.3. The average molecular weight is 287 g/mol. The Kier molecular flexibility index (Phi) is 4.20. The highest BCUT2D eigenvalue weighted by atomic mass is 32.1. The highest BCUT2D eigenvalue weighted by Gasteiger charge is 2.25. The number of thiophene rings is 1. The number of benzene rings is 1. The number of nitrogens with two attached hydrogens (primary N) is 1. The zero-order chi connectivity index (χ0) is 13.9. The first-order valence-corrected chi connectivity index (χ1v) is 8.16. The molecule has 3 rings (SSSR count). The van der Waals surface area contributed by atoms with E-state index in [1.165, 1.54) is 29.7 Å². The van der Waals surface area contributed by atoms with E-state index in [1.807, 2.05) is 30.3 Å². The van der Waals surface area contributed by atoms with Crippen LogP contribution in [0.15, 0.2) is 36.4 Å². The Bertz CT molecular complexity index is 540. The second-order valence-electron chi connectivity index (χ2n) is 5.50. The molecule has 106 valence electrons. The highest BCUT2D eigenvalue weighted by Crippen LogP contribution is 2.38. The normalized spacial score (nSPS) is 17.5. The molecule has 0 radical (unpaired) electrons. The molecule has 3 N–H and O–H groups in total. The second-order valence-corrected chi connectivity index (χ2v) is 6.67. The van der Waals surface area contributed by atoms with Crippen LogP contribution in [0, 0.1) is 0 Å². The average Bonchev–Trinajstić information content (AvgIpc) is 2.93. The summed E-state index contributed by atoms with van der Waals surface area (Å²) in [6.07, 6.45) is 4.40. The van der Waals surface area contributed by atoms with Crippen LogP contribution in [-0.2, 0) is 12.8 Å². The molecule has 1 aliphatic carbocycles. The summed E-state index contributed by atoms with van der Waals surface area (Å²) >= 11 is 1.78. The number of aliphatic hydroxyl groups excluding tert-OH is 1. The van der Waals surface area contributed by atoms with Crippen LogP contribution in [0.2, 0.25) is 0 Å². The molecule has 0 amide bonds. The molecule has 0 saturated heterocycles. The van der Waals surface area contributed by atoms with Crippen molar-refractivity contribution < 1.29 is 5.11 Å². The fourth-order valence-electron chi connectivity index (χ4n) is 3.01. The SMILES string of the molecule is NCC(c1ccccc1)C(O)c1cc2c(s1)CCCC2. The summed E-state index contributed by atoms with van der Waals surface area (Å²) in [5, 5.41) is 10.7. The molecule has 20 heavy (non-hydrogen) atoms. The molecule has 0 saturated carbocycles. The number of aryl methyl sites for hydroxylation is 2. The molecule has 0 spiro atoms. The molecule has 1 aromatic heterocycles. The largest absolute Gasteiger partial charge is 0.387 e. The van der Waals surface area contributed by atoms with Crippen molar-refractivity contribution in [3.8, 4) is 0 Å². The topological polar surface area (TPSA) is 46.2 Å². The lowest BCUT2D eigenvalue weighted by Crippen LogP contribution is -2.19. The number of fused-ring (bicyclic) bond motifs is 1. The van der Waals surface area contributed by atoms with Crippen LogP contribution >= 0.6 is 11.3 Å². The predicted molar refractivity (Wildman–Crippen MR) is 84.2 cm³/mol.